The lowest BCUT2D eigenvalue weighted by molar-refractivity contribution is -0.135. The molecule has 15 heteroatoms. The number of benzene rings is 4. The molecule has 1 N–H and O–H groups in total. The van der Waals surface area contributed by atoms with E-state index in [1.54, 1.807) is 101 Å². The van der Waals surface area contributed by atoms with Gasteiger partial charge in [-0.2, -0.15) is 0 Å². The summed E-state index contributed by atoms with van der Waals surface area (Å²) in [5, 5.41) is 4.38. The standard InChI is InChI=1S/C27H23N3O5.C22H22N2O4.CH3F.CH4/c31-23-17-25(35-24-4-2-1-3-22(23)24)19-5-7-21(8-6-19)34-18-26(32)29-13-15-30(16-14-29)27(33)20-9-11-28-12-10-20;25-19-14-21(28-20-5-2-1-4-18(19)20)16-6-8-17(9-7-16)27-15-22(26)24-12-3-10-23-11-13-24;1-2;/h1-12,17H,13-16,18H2;1-2,4-9,14,23H,3,10-13,15H2;1H3;1H4. The molecule has 2 saturated heterocycles. The summed E-state index contributed by atoms with van der Waals surface area (Å²) in [7, 11) is 0.500. The van der Waals surface area contributed by atoms with Gasteiger partial charge in [0.05, 0.1) is 17.9 Å². The van der Waals surface area contributed by atoms with Crippen molar-refractivity contribution in [3.63, 3.8) is 0 Å². The summed E-state index contributed by atoms with van der Waals surface area (Å²) in [6.45, 7) is 5.01. The number of carbonyl (C=O) groups excluding carboxylic acids is 3. The highest BCUT2D eigenvalue weighted by atomic mass is 19.1. The molecular weight excluding hydrogens is 846 g/mol. The zero-order valence-electron chi connectivity index (χ0n) is 35.8. The minimum Gasteiger partial charge on any atom is -0.484 e. The topological polar surface area (TPSA) is 165 Å². The molecule has 4 aromatic carbocycles. The van der Waals surface area contributed by atoms with E-state index in [2.05, 4.69) is 10.3 Å². The van der Waals surface area contributed by atoms with Crippen LogP contribution in [0.5, 0.6) is 11.5 Å². The van der Waals surface area contributed by atoms with Gasteiger partial charge in [0.25, 0.3) is 17.7 Å². The van der Waals surface area contributed by atoms with Gasteiger partial charge in [-0.1, -0.05) is 31.7 Å². The highest BCUT2D eigenvalue weighted by Gasteiger charge is 2.25. The summed E-state index contributed by atoms with van der Waals surface area (Å²) in [4.78, 5) is 71.3. The van der Waals surface area contributed by atoms with E-state index < -0.39 is 0 Å². The number of amides is 3. The van der Waals surface area contributed by atoms with E-state index in [0.29, 0.717) is 90.4 Å². The lowest BCUT2D eigenvalue weighted by Crippen LogP contribution is -2.51. The van der Waals surface area contributed by atoms with Crippen LogP contribution in [0.3, 0.4) is 0 Å². The molecule has 7 aromatic rings. The third kappa shape index (κ3) is 12.1. The summed E-state index contributed by atoms with van der Waals surface area (Å²) in [5.41, 5.74) is 3.02. The summed E-state index contributed by atoms with van der Waals surface area (Å²) < 4.78 is 32.5. The van der Waals surface area contributed by atoms with Crippen LogP contribution in [0, 0.1) is 0 Å². The van der Waals surface area contributed by atoms with Crippen molar-refractivity contribution in [2.75, 3.05) is 72.7 Å². The minimum atomic E-state index is -0.134. The maximum Gasteiger partial charge on any atom is 0.260 e. The summed E-state index contributed by atoms with van der Waals surface area (Å²) in [6.07, 6.45) is 4.14. The largest absolute Gasteiger partial charge is 0.484 e. The third-order valence-corrected chi connectivity index (χ3v) is 10.8. The number of rotatable bonds is 9. The van der Waals surface area contributed by atoms with E-state index in [1.807, 2.05) is 35.2 Å². The molecule has 0 atom stereocenters. The molecule has 3 amide bonds. The van der Waals surface area contributed by atoms with Crippen molar-refractivity contribution >= 4 is 39.7 Å². The van der Waals surface area contributed by atoms with Crippen molar-refractivity contribution < 1.29 is 37.1 Å². The Balaban J connectivity index is 0.000000212. The molecule has 0 saturated carbocycles. The van der Waals surface area contributed by atoms with Crippen LogP contribution in [0.2, 0.25) is 0 Å². The number of pyridine rings is 1. The fourth-order valence-corrected chi connectivity index (χ4v) is 7.33. The van der Waals surface area contributed by atoms with Crippen LogP contribution in [0.4, 0.5) is 4.39 Å². The fraction of sp³-hybridized carbons (Fsp3) is 0.255. The normalized spacial score (nSPS) is 13.5. The molecule has 0 radical (unpaired) electrons. The Bertz CT molecular complexity index is 2820. The second-order valence-electron chi connectivity index (χ2n) is 15.0. The van der Waals surface area contributed by atoms with Gasteiger partial charge in [0.1, 0.15) is 34.2 Å². The first-order valence-electron chi connectivity index (χ1n) is 21.1. The number of hydrogen-bond donors (Lipinski definition) is 1. The Hall–Kier alpha value is -7.65. The SMILES string of the molecule is C.CF.O=C(COc1ccc(-c2cc(=O)c3ccccc3o2)cc1)N1CCCNCC1.O=C(COc1ccc(-c2cc(=O)c3ccccc3o2)cc1)N1CCN(C(=O)c2ccncc2)CC1. The van der Waals surface area contributed by atoms with E-state index in [9.17, 15) is 28.4 Å². The van der Waals surface area contributed by atoms with Crippen LogP contribution >= 0.6 is 0 Å². The number of piperazine rings is 1. The molecule has 2 aliphatic rings. The Morgan fingerprint density at radius 1 is 0.591 bits per heavy atom. The van der Waals surface area contributed by atoms with Gasteiger partial charge in [0, 0.05) is 87.0 Å². The van der Waals surface area contributed by atoms with Crippen LogP contribution < -0.4 is 25.6 Å². The zero-order chi connectivity index (χ0) is 45.5. The number of ether oxygens (including phenoxy) is 2. The van der Waals surface area contributed by atoms with Gasteiger partial charge in [-0.15, -0.1) is 0 Å². The molecule has 0 aliphatic carbocycles. The predicted molar refractivity (Wildman–Crippen MR) is 251 cm³/mol. The van der Waals surface area contributed by atoms with Crippen molar-refractivity contribution in [1.29, 1.82) is 0 Å². The Morgan fingerprint density at radius 3 is 1.55 bits per heavy atom. The number of nitrogens with zero attached hydrogens (tertiary/aromatic N) is 4. The van der Waals surface area contributed by atoms with Gasteiger partial charge >= 0.3 is 0 Å². The average Bonchev–Trinajstić information content (AvgIpc) is 3.66. The van der Waals surface area contributed by atoms with Crippen molar-refractivity contribution in [3.8, 4) is 34.1 Å². The number of carbonyl (C=O) groups is 3. The van der Waals surface area contributed by atoms with E-state index in [1.165, 1.54) is 12.1 Å². The maximum absolute atomic E-state index is 12.6. The smallest absolute Gasteiger partial charge is 0.260 e. The number of hydrogen-bond acceptors (Lipinski definition) is 11. The Labute approximate surface area is 381 Å². The van der Waals surface area contributed by atoms with Crippen molar-refractivity contribution in [3.05, 3.63) is 160 Å². The highest BCUT2D eigenvalue weighted by molar-refractivity contribution is 5.94. The lowest BCUT2D eigenvalue weighted by Gasteiger charge is -2.34. The number of nitrogens with one attached hydrogen (secondary N) is 1. The molecule has 342 valence electrons. The molecular formula is C51H52FN5O9. The van der Waals surface area contributed by atoms with Crippen molar-refractivity contribution in [2.24, 2.45) is 0 Å². The van der Waals surface area contributed by atoms with Crippen molar-refractivity contribution in [2.45, 2.75) is 13.8 Å². The predicted octanol–water partition coefficient (Wildman–Crippen LogP) is 7.10. The van der Waals surface area contributed by atoms with Crippen molar-refractivity contribution in [1.82, 2.24) is 25.0 Å². The monoisotopic (exact) mass is 897 g/mol. The first-order chi connectivity index (χ1) is 31.8. The summed E-state index contributed by atoms with van der Waals surface area (Å²) >= 11 is 0. The van der Waals surface area contributed by atoms with Crippen LogP contribution in [-0.4, -0.2) is 110 Å². The van der Waals surface area contributed by atoms with Gasteiger partial charge in [0.2, 0.25) is 0 Å². The average molecular weight is 898 g/mol. The Morgan fingerprint density at radius 2 is 1.05 bits per heavy atom. The van der Waals surface area contributed by atoms with Crippen LogP contribution in [0.1, 0.15) is 24.2 Å². The second kappa shape index (κ2) is 23.3. The molecule has 0 unspecified atom stereocenters. The maximum atomic E-state index is 12.6. The molecule has 66 heavy (non-hydrogen) atoms. The molecule has 9 rings (SSSR count). The van der Waals surface area contributed by atoms with E-state index in [4.69, 9.17) is 18.3 Å². The number of alkyl halides is 1. The van der Waals surface area contributed by atoms with Crippen LogP contribution in [-0.2, 0) is 9.59 Å². The molecule has 2 fully saturated rings. The number of aromatic nitrogens is 1. The molecule has 2 aliphatic heterocycles. The number of para-hydroxylation sites is 2. The first-order valence-corrected chi connectivity index (χ1v) is 21.1. The highest BCUT2D eigenvalue weighted by Crippen LogP contribution is 2.26. The van der Waals surface area contributed by atoms with Gasteiger partial charge < -0.3 is 38.3 Å². The molecule has 0 spiro atoms. The second-order valence-corrected chi connectivity index (χ2v) is 15.0. The minimum absolute atomic E-state index is 0. The summed E-state index contributed by atoms with van der Waals surface area (Å²) in [5.74, 6) is 1.92. The van der Waals surface area contributed by atoms with E-state index in [0.717, 1.165) is 37.2 Å². The molecule has 0 bridgehead atoms. The van der Waals surface area contributed by atoms with E-state index in [-0.39, 0.29) is 49.2 Å². The number of fused-ring (bicyclic) bond motifs is 2. The third-order valence-electron chi connectivity index (χ3n) is 10.8. The quantitative estimate of drug-likeness (QED) is 0.157. The van der Waals surface area contributed by atoms with Gasteiger partial charge in [-0.3, -0.25) is 33.3 Å². The van der Waals surface area contributed by atoms with Crippen LogP contribution in [0.15, 0.2) is 152 Å². The zero-order valence-corrected chi connectivity index (χ0v) is 35.8. The fourth-order valence-electron chi connectivity index (χ4n) is 7.33. The number of halogens is 1. The lowest BCUT2D eigenvalue weighted by atomic mass is 10.1. The van der Waals surface area contributed by atoms with Gasteiger partial charge in [0.15, 0.2) is 24.1 Å². The Kier molecular flexibility index (Phi) is 16.9. The molecule has 5 heterocycles. The van der Waals surface area contributed by atoms with Crippen LogP contribution in [0.25, 0.3) is 44.6 Å². The first kappa shape index (κ1) is 47.8. The summed E-state index contributed by atoms with van der Waals surface area (Å²) in [6, 6.07) is 34.9. The molecule has 3 aromatic heterocycles. The van der Waals surface area contributed by atoms with Gasteiger partial charge in [-0.25, -0.2) is 0 Å². The van der Waals surface area contributed by atoms with Gasteiger partial charge in [-0.05, 0) is 97.9 Å². The molecule has 14 nitrogen and oxygen atoms in total. The van der Waals surface area contributed by atoms with E-state index >= 15 is 0 Å².